The van der Waals surface area contributed by atoms with Gasteiger partial charge >= 0.3 is 0 Å². The van der Waals surface area contributed by atoms with Crippen LogP contribution in [-0.2, 0) is 10.0 Å². The molecule has 2 amide bonds. The first-order valence-electron chi connectivity index (χ1n) is 10.5. The van der Waals surface area contributed by atoms with Gasteiger partial charge in [-0.2, -0.15) is 4.31 Å². The first kappa shape index (κ1) is 23.0. The van der Waals surface area contributed by atoms with Gasteiger partial charge in [-0.25, -0.2) is 8.42 Å². The van der Waals surface area contributed by atoms with E-state index in [1.54, 1.807) is 36.4 Å². The number of sulfonamides is 1. The summed E-state index contributed by atoms with van der Waals surface area (Å²) in [4.78, 5) is 24.6. The van der Waals surface area contributed by atoms with Gasteiger partial charge in [-0.3, -0.25) is 9.59 Å². The van der Waals surface area contributed by atoms with Crippen LogP contribution >= 0.6 is 0 Å². The quantitative estimate of drug-likeness (QED) is 0.643. The number of piperidine rings is 1. The normalized spacial score (nSPS) is 19.5. The molecular formula is C23H29N3O4S. The zero-order valence-corrected chi connectivity index (χ0v) is 18.7. The number of hydrogen-bond acceptors (Lipinski definition) is 4. The van der Waals surface area contributed by atoms with Crippen LogP contribution in [0.5, 0.6) is 0 Å². The second-order valence-electron chi connectivity index (χ2n) is 8.17. The average molecular weight is 444 g/mol. The minimum Gasteiger partial charge on any atom is -0.350 e. The molecule has 2 aromatic carbocycles. The van der Waals surface area contributed by atoms with E-state index in [-0.39, 0.29) is 35.4 Å². The third-order valence-corrected chi connectivity index (χ3v) is 7.13. The molecule has 1 heterocycles. The van der Waals surface area contributed by atoms with E-state index in [1.807, 2.05) is 6.07 Å². The van der Waals surface area contributed by atoms with E-state index >= 15 is 0 Å². The van der Waals surface area contributed by atoms with E-state index in [1.165, 1.54) is 16.4 Å². The fraction of sp³-hybridized carbons (Fsp3) is 0.391. The highest BCUT2D eigenvalue weighted by Crippen LogP contribution is 2.27. The van der Waals surface area contributed by atoms with Crippen LogP contribution in [0.2, 0.25) is 0 Å². The van der Waals surface area contributed by atoms with Gasteiger partial charge in [0.25, 0.3) is 11.8 Å². The van der Waals surface area contributed by atoms with Crippen LogP contribution in [0.25, 0.3) is 0 Å². The van der Waals surface area contributed by atoms with Crippen molar-refractivity contribution in [1.29, 1.82) is 0 Å². The van der Waals surface area contributed by atoms with Gasteiger partial charge in [0.1, 0.15) is 0 Å². The van der Waals surface area contributed by atoms with Gasteiger partial charge in [-0.1, -0.05) is 38.1 Å². The van der Waals surface area contributed by atoms with Gasteiger partial charge in [-0.05, 0) is 48.6 Å². The summed E-state index contributed by atoms with van der Waals surface area (Å²) in [5, 5.41) is 5.45. The van der Waals surface area contributed by atoms with Gasteiger partial charge < -0.3 is 10.6 Å². The highest BCUT2D eigenvalue weighted by Gasteiger charge is 2.31. The molecule has 1 aliphatic heterocycles. The van der Waals surface area contributed by atoms with E-state index in [0.717, 1.165) is 6.42 Å². The predicted molar refractivity (Wildman–Crippen MR) is 119 cm³/mol. The monoisotopic (exact) mass is 443 g/mol. The third kappa shape index (κ3) is 5.92. The van der Waals surface area contributed by atoms with E-state index in [9.17, 15) is 18.0 Å². The van der Waals surface area contributed by atoms with Crippen LogP contribution in [0, 0.1) is 11.8 Å². The Bertz CT molecular complexity index is 1010. The molecule has 2 aromatic rings. The molecule has 3 rings (SSSR count). The highest BCUT2D eigenvalue weighted by atomic mass is 32.2. The number of benzene rings is 2. The Hall–Kier alpha value is -2.71. The Morgan fingerprint density at radius 3 is 2.03 bits per heavy atom. The molecule has 0 bridgehead atoms. The topological polar surface area (TPSA) is 95.6 Å². The number of nitrogens with zero attached hydrogens (tertiary/aromatic N) is 1. The maximum absolute atomic E-state index is 13.1. The van der Waals surface area contributed by atoms with Crippen molar-refractivity contribution in [2.24, 2.45) is 11.8 Å². The van der Waals surface area contributed by atoms with Crippen molar-refractivity contribution in [3.05, 3.63) is 65.7 Å². The number of hydrogen-bond donors (Lipinski definition) is 2. The molecule has 0 saturated carbocycles. The zero-order chi connectivity index (χ0) is 22.4. The SMILES string of the molecule is CC1CC(C)CN(S(=O)(=O)c2cccc(C(=O)NCCNC(=O)c3ccccc3)c2)C1. The van der Waals surface area contributed by atoms with Gasteiger partial charge in [0, 0.05) is 37.3 Å². The van der Waals surface area contributed by atoms with Gasteiger partial charge in [0.15, 0.2) is 0 Å². The molecule has 1 fully saturated rings. The van der Waals surface area contributed by atoms with Gasteiger partial charge in [0.05, 0.1) is 4.90 Å². The van der Waals surface area contributed by atoms with Crippen LogP contribution in [-0.4, -0.2) is 50.7 Å². The summed E-state index contributed by atoms with van der Waals surface area (Å²) in [6.45, 7) is 5.59. The highest BCUT2D eigenvalue weighted by molar-refractivity contribution is 7.89. The summed E-state index contributed by atoms with van der Waals surface area (Å²) in [7, 11) is -3.65. The maximum Gasteiger partial charge on any atom is 0.251 e. The molecule has 166 valence electrons. The smallest absolute Gasteiger partial charge is 0.251 e. The largest absolute Gasteiger partial charge is 0.350 e. The number of carbonyl (C=O) groups excluding carboxylic acids is 2. The van der Waals surface area contributed by atoms with Crippen LogP contribution < -0.4 is 10.6 Å². The second-order valence-corrected chi connectivity index (χ2v) is 10.1. The Morgan fingerprint density at radius 2 is 1.42 bits per heavy atom. The first-order chi connectivity index (χ1) is 14.8. The second kappa shape index (κ2) is 10.1. The number of carbonyl (C=O) groups is 2. The number of nitrogens with one attached hydrogen (secondary N) is 2. The maximum atomic E-state index is 13.1. The van der Waals surface area contributed by atoms with Crippen LogP contribution in [0.4, 0.5) is 0 Å². The van der Waals surface area contributed by atoms with Crippen molar-refractivity contribution in [3.8, 4) is 0 Å². The molecular weight excluding hydrogens is 414 g/mol. The zero-order valence-electron chi connectivity index (χ0n) is 17.9. The lowest BCUT2D eigenvalue weighted by Gasteiger charge is -2.34. The summed E-state index contributed by atoms with van der Waals surface area (Å²) in [6.07, 6.45) is 1.01. The molecule has 0 aromatic heterocycles. The molecule has 8 heteroatoms. The predicted octanol–water partition coefficient (Wildman–Crippen LogP) is 2.51. The van der Waals surface area contributed by atoms with E-state index in [2.05, 4.69) is 24.5 Å². The average Bonchev–Trinajstić information content (AvgIpc) is 2.76. The van der Waals surface area contributed by atoms with Crippen molar-refractivity contribution in [1.82, 2.24) is 14.9 Å². The Labute approximate surface area is 183 Å². The van der Waals surface area contributed by atoms with E-state index in [0.29, 0.717) is 30.5 Å². The molecule has 2 N–H and O–H groups in total. The molecule has 0 aliphatic carbocycles. The van der Waals surface area contributed by atoms with Gasteiger partial charge in [0.2, 0.25) is 10.0 Å². The lowest BCUT2D eigenvalue weighted by Crippen LogP contribution is -2.42. The summed E-state index contributed by atoms with van der Waals surface area (Å²) >= 11 is 0. The Balaban J connectivity index is 1.58. The standard InChI is InChI=1S/C23H29N3O4S/c1-17-13-18(2)16-26(15-17)31(29,30)21-10-6-9-20(14-21)23(28)25-12-11-24-22(27)19-7-4-3-5-8-19/h3-10,14,17-18H,11-13,15-16H2,1-2H3,(H,24,27)(H,25,28). The molecule has 1 saturated heterocycles. The lowest BCUT2D eigenvalue weighted by atomic mass is 9.94. The van der Waals surface area contributed by atoms with E-state index < -0.39 is 10.0 Å². The molecule has 0 radical (unpaired) electrons. The molecule has 31 heavy (non-hydrogen) atoms. The van der Waals surface area contributed by atoms with Gasteiger partial charge in [-0.15, -0.1) is 0 Å². The van der Waals surface area contributed by atoms with E-state index in [4.69, 9.17) is 0 Å². The molecule has 1 aliphatic rings. The van der Waals surface area contributed by atoms with Crippen LogP contribution in [0.15, 0.2) is 59.5 Å². The van der Waals surface area contributed by atoms with Crippen molar-refractivity contribution in [2.45, 2.75) is 25.2 Å². The third-order valence-electron chi connectivity index (χ3n) is 5.30. The summed E-state index contributed by atoms with van der Waals surface area (Å²) in [6, 6.07) is 14.9. The molecule has 2 unspecified atom stereocenters. The lowest BCUT2D eigenvalue weighted by molar-refractivity contribution is 0.0927. The van der Waals surface area contributed by atoms with Crippen molar-refractivity contribution in [3.63, 3.8) is 0 Å². The summed E-state index contributed by atoms with van der Waals surface area (Å²) in [5.74, 6) is 0.00604. The first-order valence-corrected chi connectivity index (χ1v) is 11.9. The number of amides is 2. The molecule has 2 atom stereocenters. The molecule has 0 spiro atoms. The van der Waals surface area contributed by atoms with Crippen molar-refractivity contribution < 1.29 is 18.0 Å². The molecule has 7 nitrogen and oxygen atoms in total. The van der Waals surface area contributed by atoms with Crippen LogP contribution in [0.3, 0.4) is 0 Å². The van der Waals surface area contributed by atoms with Crippen LogP contribution in [0.1, 0.15) is 41.0 Å². The fourth-order valence-electron chi connectivity index (χ4n) is 3.89. The number of rotatable bonds is 7. The Kier molecular flexibility index (Phi) is 7.46. The van der Waals surface area contributed by atoms with Crippen molar-refractivity contribution >= 4 is 21.8 Å². The van der Waals surface area contributed by atoms with Crippen molar-refractivity contribution in [2.75, 3.05) is 26.2 Å². The summed E-state index contributed by atoms with van der Waals surface area (Å²) < 4.78 is 27.7. The fourth-order valence-corrected chi connectivity index (χ4v) is 5.62. The Morgan fingerprint density at radius 1 is 0.871 bits per heavy atom. The minimum atomic E-state index is -3.65. The summed E-state index contributed by atoms with van der Waals surface area (Å²) in [5.41, 5.74) is 0.821. The minimum absolute atomic E-state index is 0.124.